The average molecular weight is 266 g/mol. The van der Waals surface area contributed by atoms with Crippen LogP contribution in [0.4, 0.5) is 0 Å². The Morgan fingerprint density at radius 2 is 2.33 bits per heavy atom. The largest absolute Gasteiger partial charge is 0.294 e. The van der Waals surface area contributed by atoms with Crippen molar-refractivity contribution in [2.75, 3.05) is 0 Å². The first-order chi connectivity index (χ1) is 7.19. The zero-order valence-corrected chi connectivity index (χ0v) is 10.1. The van der Waals surface area contributed by atoms with Crippen molar-refractivity contribution in [2.24, 2.45) is 5.92 Å². The van der Waals surface area contributed by atoms with Crippen molar-refractivity contribution in [1.82, 2.24) is 0 Å². The molecule has 1 aromatic rings. The van der Waals surface area contributed by atoms with Crippen molar-refractivity contribution in [3.8, 4) is 6.07 Å². The average Bonchev–Trinajstić information content (AvgIpc) is 2.25. The van der Waals surface area contributed by atoms with Crippen molar-refractivity contribution in [1.29, 1.82) is 5.26 Å². The topological polar surface area (TPSA) is 40.9 Å². The molecule has 0 saturated carbocycles. The van der Waals surface area contributed by atoms with E-state index in [1.54, 1.807) is 12.1 Å². The van der Waals surface area contributed by atoms with E-state index < -0.39 is 0 Å². The number of nitriles is 1. The summed E-state index contributed by atoms with van der Waals surface area (Å²) in [6.45, 7) is 1.93. The van der Waals surface area contributed by atoms with Gasteiger partial charge in [0.15, 0.2) is 5.78 Å². The molecule has 0 spiro atoms. The number of Topliss-reactive ketones (excluding diaryl/α,β-unsaturated/α-hetero) is 1. The van der Waals surface area contributed by atoms with Gasteiger partial charge in [-0.25, -0.2) is 0 Å². The molecule has 2 nitrogen and oxygen atoms in total. The van der Waals surface area contributed by atoms with Gasteiger partial charge in [-0.3, -0.25) is 4.79 Å². The second-order valence-electron chi connectivity index (χ2n) is 3.34. The summed E-state index contributed by atoms with van der Waals surface area (Å²) in [6, 6.07) is 9.34. The highest BCUT2D eigenvalue weighted by atomic mass is 79.9. The quantitative estimate of drug-likeness (QED) is 0.781. The fraction of sp³-hybridized carbons (Fsp3) is 0.333. The van der Waals surface area contributed by atoms with Crippen molar-refractivity contribution in [3.05, 3.63) is 34.3 Å². The van der Waals surface area contributed by atoms with E-state index in [2.05, 4.69) is 22.0 Å². The summed E-state index contributed by atoms with van der Waals surface area (Å²) in [6.07, 6.45) is 1.00. The summed E-state index contributed by atoms with van der Waals surface area (Å²) in [7, 11) is 0. The fourth-order valence-electron chi connectivity index (χ4n) is 1.41. The zero-order chi connectivity index (χ0) is 11.3. The maximum Gasteiger partial charge on any atom is 0.166 e. The van der Waals surface area contributed by atoms with Crippen LogP contribution in [0.2, 0.25) is 0 Å². The molecule has 0 fully saturated rings. The minimum Gasteiger partial charge on any atom is -0.294 e. The standard InChI is InChI=1S/C12H12BrNO/c1-2-9(6-7-14)12(15)10-4-3-5-11(13)8-10/h3-5,8-9H,2,6H2,1H3. The molecule has 1 aromatic carbocycles. The maximum atomic E-state index is 11.9. The van der Waals surface area contributed by atoms with E-state index in [1.807, 2.05) is 19.1 Å². The van der Waals surface area contributed by atoms with Gasteiger partial charge in [0.2, 0.25) is 0 Å². The first-order valence-corrected chi connectivity index (χ1v) is 5.65. The molecule has 0 aromatic heterocycles. The van der Waals surface area contributed by atoms with Gasteiger partial charge in [-0.05, 0) is 18.6 Å². The van der Waals surface area contributed by atoms with Crippen LogP contribution in [0.25, 0.3) is 0 Å². The molecular formula is C12H12BrNO. The number of hydrogen-bond acceptors (Lipinski definition) is 2. The Hall–Kier alpha value is -1.14. The molecule has 0 saturated heterocycles. The van der Waals surface area contributed by atoms with E-state index >= 15 is 0 Å². The molecule has 0 aliphatic rings. The SMILES string of the molecule is CCC(CC#N)C(=O)c1cccc(Br)c1. The highest BCUT2D eigenvalue weighted by Crippen LogP contribution is 2.18. The molecule has 1 rings (SSSR count). The molecule has 0 N–H and O–H groups in total. The molecule has 15 heavy (non-hydrogen) atoms. The molecule has 3 heteroatoms. The summed E-state index contributed by atoms with van der Waals surface area (Å²) < 4.78 is 0.889. The van der Waals surface area contributed by atoms with Crippen LogP contribution < -0.4 is 0 Å². The van der Waals surface area contributed by atoms with Gasteiger partial charge in [-0.2, -0.15) is 5.26 Å². The minimum absolute atomic E-state index is 0.0559. The van der Waals surface area contributed by atoms with Gasteiger partial charge < -0.3 is 0 Å². The number of nitrogens with zero attached hydrogens (tertiary/aromatic N) is 1. The molecule has 0 bridgehead atoms. The molecule has 0 heterocycles. The Morgan fingerprint density at radius 1 is 1.60 bits per heavy atom. The summed E-state index contributed by atoms with van der Waals surface area (Å²) in [4.78, 5) is 11.9. The molecule has 1 atom stereocenters. The lowest BCUT2D eigenvalue weighted by molar-refractivity contribution is 0.0918. The van der Waals surface area contributed by atoms with Crippen LogP contribution in [0.1, 0.15) is 30.1 Å². The third-order valence-electron chi connectivity index (χ3n) is 2.31. The van der Waals surface area contributed by atoms with Crippen molar-refractivity contribution < 1.29 is 4.79 Å². The molecule has 0 aliphatic heterocycles. The first-order valence-electron chi connectivity index (χ1n) is 4.85. The summed E-state index contributed by atoms with van der Waals surface area (Å²) >= 11 is 3.32. The number of benzene rings is 1. The summed E-state index contributed by atoms with van der Waals surface area (Å²) in [5.41, 5.74) is 0.673. The van der Waals surface area contributed by atoms with Crippen molar-refractivity contribution in [2.45, 2.75) is 19.8 Å². The number of halogens is 1. The Kier molecular flexibility index (Phi) is 4.51. The van der Waals surface area contributed by atoms with Gasteiger partial charge in [0.05, 0.1) is 6.07 Å². The number of hydrogen-bond donors (Lipinski definition) is 0. The number of carbonyl (C=O) groups is 1. The van der Waals surface area contributed by atoms with Gasteiger partial charge in [0.25, 0.3) is 0 Å². The Bertz CT molecular complexity index is 395. The van der Waals surface area contributed by atoms with E-state index in [9.17, 15) is 4.79 Å². The maximum absolute atomic E-state index is 11.9. The van der Waals surface area contributed by atoms with Gasteiger partial charge in [-0.15, -0.1) is 0 Å². The van der Waals surface area contributed by atoms with E-state index in [0.717, 1.165) is 4.47 Å². The van der Waals surface area contributed by atoms with Crippen LogP contribution in [0, 0.1) is 17.2 Å². The Balaban J connectivity index is 2.88. The molecular weight excluding hydrogens is 254 g/mol. The molecule has 0 aliphatic carbocycles. The highest BCUT2D eigenvalue weighted by molar-refractivity contribution is 9.10. The van der Waals surface area contributed by atoms with E-state index in [1.165, 1.54) is 0 Å². The summed E-state index contributed by atoms with van der Waals surface area (Å²) in [5, 5.41) is 8.61. The Morgan fingerprint density at radius 3 is 2.87 bits per heavy atom. The fourth-order valence-corrected chi connectivity index (χ4v) is 1.81. The van der Waals surface area contributed by atoms with E-state index in [0.29, 0.717) is 18.4 Å². The van der Waals surface area contributed by atoms with Crippen LogP contribution in [0.5, 0.6) is 0 Å². The molecule has 0 amide bonds. The van der Waals surface area contributed by atoms with Crippen LogP contribution in [-0.2, 0) is 0 Å². The zero-order valence-electron chi connectivity index (χ0n) is 8.53. The normalized spacial score (nSPS) is 11.8. The van der Waals surface area contributed by atoms with Gasteiger partial charge in [0.1, 0.15) is 0 Å². The molecule has 1 unspecified atom stereocenters. The second-order valence-corrected chi connectivity index (χ2v) is 4.26. The van der Waals surface area contributed by atoms with Gasteiger partial charge in [0, 0.05) is 22.4 Å². The number of rotatable bonds is 4. The highest BCUT2D eigenvalue weighted by Gasteiger charge is 2.17. The second kappa shape index (κ2) is 5.67. The van der Waals surface area contributed by atoms with E-state index in [-0.39, 0.29) is 11.7 Å². The van der Waals surface area contributed by atoms with Gasteiger partial charge >= 0.3 is 0 Å². The lowest BCUT2D eigenvalue weighted by Gasteiger charge is -2.09. The molecule has 78 valence electrons. The monoisotopic (exact) mass is 265 g/mol. The van der Waals surface area contributed by atoms with Crippen LogP contribution in [0.3, 0.4) is 0 Å². The van der Waals surface area contributed by atoms with Gasteiger partial charge in [-0.1, -0.05) is 35.0 Å². The van der Waals surface area contributed by atoms with Crippen molar-refractivity contribution >= 4 is 21.7 Å². The lowest BCUT2D eigenvalue weighted by Crippen LogP contribution is -2.13. The first kappa shape index (κ1) is 11.9. The minimum atomic E-state index is -0.177. The van der Waals surface area contributed by atoms with Crippen LogP contribution in [-0.4, -0.2) is 5.78 Å². The molecule has 0 radical (unpaired) electrons. The van der Waals surface area contributed by atoms with Crippen molar-refractivity contribution in [3.63, 3.8) is 0 Å². The van der Waals surface area contributed by atoms with Crippen LogP contribution >= 0.6 is 15.9 Å². The van der Waals surface area contributed by atoms with Crippen LogP contribution in [0.15, 0.2) is 28.7 Å². The third kappa shape index (κ3) is 3.17. The summed E-state index contributed by atoms with van der Waals surface area (Å²) in [5.74, 6) is -0.121. The predicted molar refractivity (Wildman–Crippen MR) is 62.5 cm³/mol. The Labute approximate surface area is 98.0 Å². The van der Waals surface area contributed by atoms with E-state index in [4.69, 9.17) is 5.26 Å². The number of carbonyl (C=O) groups excluding carboxylic acids is 1. The number of ketones is 1. The smallest absolute Gasteiger partial charge is 0.166 e. The predicted octanol–water partition coefficient (Wildman–Crippen LogP) is 3.57. The third-order valence-corrected chi connectivity index (χ3v) is 2.80. The lowest BCUT2D eigenvalue weighted by atomic mass is 9.93.